The third kappa shape index (κ3) is 6.46. The van der Waals surface area contributed by atoms with Crippen LogP contribution in [0.15, 0.2) is 18.2 Å². The van der Waals surface area contributed by atoms with Crippen molar-refractivity contribution in [1.82, 2.24) is 10.2 Å². The van der Waals surface area contributed by atoms with E-state index in [0.717, 1.165) is 19.5 Å². The number of ether oxygens (including phenoxy) is 2. The molecule has 1 aliphatic heterocycles. The molecule has 0 spiro atoms. The second-order valence-corrected chi connectivity index (χ2v) is 8.57. The lowest BCUT2D eigenvalue weighted by atomic mass is 10.1. The van der Waals surface area contributed by atoms with Gasteiger partial charge < -0.3 is 14.8 Å². The Bertz CT molecular complexity index is 713. The molecule has 3 rings (SSSR count). The van der Waals surface area contributed by atoms with Crippen LogP contribution in [0.25, 0.3) is 0 Å². The number of amides is 1. The van der Waals surface area contributed by atoms with Crippen molar-refractivity contribution in [3.8, 4) is 11.5 Å². The van der Waals surface area contributed by atoms with Gasteiger partial charge in [-0.05, 0) is 50.8 Å². The zero-order chi connectivity index (χ0) is 21.3. The van der Waals surface area contributed by atoms with Gasteiger partial charge >= 0.3 is 0 Å². The van der Waals surface area contributed by atoms with Gasteiger partial charge in [0.05, 0.1) is 13.7 Å². The molecule has 1 saturated heterocycles. The highest BCUT2D eigenvalue weighted by Gasteiger charge is 2.29. The molecule has 0 radical (unpaired) electrons. The van der Waals surface area contributed by atoms with Crippen LogP contribution in [0.5, 0.6) is 11.5 Å². The molecule has 1 heterocycles. The van der Waals surface area contributed by atoms with Crippen molar-refractivity contribution in [2.75, 3.05) is 26.8 Å². The molecule has 1 aromatic rings. The maximum atomic E-state index is 12.3. The molecule has 30 heavy (non-hydrogen) atoms. The molecule has 1 saturated carbocycles. The monoisotopic (exact) mass is 416 g/mol. The molecule has 1 unspecified atom stereocenters. The van der Waals surface area contributed by atoms with Crippen molar-refractivity contribution >= 4 is 11.7 Å². The summed E-state index contributed by atoms with van der Waals surface area (Å²) in [6, 6.07) is 6.15. The van der Waals surface area contributed by atoms with Crippen LogP contribution >= 0.6 is 0 Å². The van der Waals surface area contributed by atoms with Crippen molar-refractivity contribution in [3.63, 3.8) is 0 Å². The summed E-state index contributed by atoms with van der Waals surface area (Å²) in [7, 11) is 1.56. The number of methoxy groups -OCH3 is 1. The van der Waals surface area contributed by atoms with E-state index in [1.54, 1.807) is 25.3 Å². The molecule has 1 N–H and O–H groups in total. The minimum Gasteiger partial charge on any atom is -0.493 e. The van der Waals surface area contributed by atoms with E-state index < -0.39 is 0 Å². The number of carbonyl (C=O) groups excluding carboxylic acids is 2. The maximum absolute atomic E-state index is 12.3. The molecule has 1 aliphatic carbocycles. The summed E-state index contributed by atoms with van der Waals surface area (Å²) in [5, 5.41) is 3.21. The summed E-state index contributed by atoms with van der Waals surface area (Å²) in [6.07, 6.45) is 10.2. The van der Waals surface area contributed by atoms with E-state index in [9.17, 15) is 9.59 Å². The van der Waals surface area contributed by atoms with Gasteiger partial charge in [-0.3, -0.25) is 14.5 Å². The number of hydrogen-bond donors (Lipinski definition) is 1. The number of hydrogen-bond acceptors (Lipinski definition) is 5. The number of benzene rings is 1. The van der Waals surface area contributed by atoms with Gasteiger partial charge in [-0.25, -0.2) is 0 Å². The van der Waals surface area contributed by atoms with Gasteiger partial charge in [0.2, 0.25) is 5.91 Å². The van der Waals surface area contributed by atoms with Gasteiger partial charge in [-0.1, -0.05) is 25.7 Å². The van der Waals surface area contributed by atoms with E-state index in [0.29, 0.717) is 42.6 Å². The predicted molar refractivity (Wildman–Crippen MR) is 117 cm³/mol. The fraction of sp³-hybridized carbons (Fsp3) is 0.667. The van der Waals surface area contributed by atoms with E-state index in [-0.39, 0.29) is 17.7 Å². The van der Waals surface area contributed by atoms with E-state index in [2.05, 4.69) is 10.2 Å². The molecular weight excluding hydrogens is 380 g/mol. The number of nitrogens with one attached hydrogen (secondary N) is 1. The summed E-state index contributed by atoms with van der Waals surface area (Å²) < 4.78 is 11.1. The first-order valence-electron chi connectivity index (χ1n) is 11.4. The Kier molecular flexibility index (Phi) is 8.55. The first-order chi connectivity index (χ1) is 14.6. The highest BCUT2D eigenvalue weighted by molar-refractivity contribution is 5.94. The van der Waals surface area contributed by atoms with E-state index in [1.807, 2.05) is 0 Å². The summed E-state index contributed by atoms with van der Waals surface area (Å²) >= 11 is 0. The molecule has 6 heteroatoms. The van der Waals surface area contributed by atoms with Gasteiger partial charge in [0, 0.05) is 37.2 Å². The number of nitrogens with zero attached hydrogens (tertiary/aromatic N) is 1. The molecule has 6 nitrogen and oxygen atoms in total. The Morgan fingerprint density at radius 3 is 2.57 bits per heavy atom. The van der Waals surface area contributed by atoms with E-state index in [4.69, 9.17) is 9.47 Å². The number of ketones is 1. The molecular formula is C24H36N2O4. The first kappa shape index (κ1) is 22.6. The van der Waals surface area contributed by atoms with E-state index in [1.165, 1.54) is 45.4 Å². The largest absolute Gasteiger partial charge is 0.493 e. The van der Waals surface area contributed by atoms with Crippen LogP contribution in [0.4, 0.5) is 0 Å². The molecule has 166 valence electrons. The second kappa shape index (κ2) is 11.3. The van der Waals surface area contributed by atoms with Gasteiger partial charge in [0.25, 0.3) is 0 Å². The number of Topliss-reactive ketones (excluding diaryl/α,β-unsaturated/α-hetero) is 1. The van der Waals surface area contributed by atoms with Crippen LogP contribution in [-0.2, 0) is 4.79 Å². The fourth-order valence-corrected chi connectivity index (χ4v) is 4.58. The standard InChI is InChI=1S/C24H36N2O4/c1-18(27)19-11-12-22(23(16-19)29-2)30-15-7-10-24(28)25-20-13-14-26(17-20)21-8-5-3-4-6-9-21/h11-12,16,20-21H,3-10,13-15,17H2,1-2H3,(H,25,28). The molecule has 0 aromatic heterocycles. The SMILES string of the molecule is COc1cc(C(C)=O)ccc1OCCCC(=O)NC1CCN(C2CCCCCC2)C1. The van der Waals surface area contributed by atoms with Gasteiger partial charge in [-0.15, -0.1) is 0 Å². The van der Waals surface area contributed by atoms with Crippen molar-refractivity contribution in [1.29, 1.82) is 0 Å². The second-order valence-electron chi connectivity index (χ2n) is 8.57. The maximum Gasteiger partial charge on any atom is 0.220 e. The quantitative estimate of drug-likeness (QED) is 0.375. The third-order valence-corrected chi connectivity index (χ3v) is 6.30. The zero-order valence-electron chi connectivity index (χ0n) is 18.5. The van der Waals surface area contributed by atoms with Gasteiger partial charge in [0.1, 0.15) is 0 Å². The number of rotatable bonds is 9. The number of likely N-dealkylation sites (tertiary alicyclic amines) is 1. The average molecular weight is 417 g/mol. The van der Waals surface area contributed by atoms with E-state index >= 15 is 0 Å². The molecule has 2 fully saturated rings. The summed E-state index contributed by atoms with van der Waals surface area (Å²) in [6.45, 7) is 4.05. The first-order valence-corrected chi connectivity index (χ1v) is 11.4. The van der Waals surface area contributed by atoms with Crippen LogP contribution in [-0.4, -0.2) is 55.5 Å². The summed E-state index contributed by atoms with van der Waals surface area (Å²) in [4.78, 5) is 26.4. The Balaban J connectivity index is 1.36. The van der Waals surface area contributed by atoms with Crippen LogP contribution in [0, 0.1) is 0 Å². The molecule has 1 atom stereocenters. The van der Waals surface area contributed by atoms with Crippen molar-refractivity contribution in [2.24, 2.45) is 0 Å². The lowest BCUT2D eigenvalue weighted by Gasteiger charge is -2.26. The highest BCUT2D eigenvalue weighted by atomic mass is 16.5. The summed E-state index contributed by atoms with van der Waals surface area (Å²) in [5.74, 6) is 1.22. The zero-order valence-corrected chi connectivity index (χ0v) is 18.5. The Morgan fingerprint density at radius 1 is 1.10 bits per heavy atom. The fourth-order valence-electron chi connectivity index (χ4n) is 4.58. The lowest BCUT2D eigenvalue weighted by Crippen LogP contribution is -2.39. The van der Waals surface area contributed by atoms with Crippen LogP contribution < -0.4 is 14.8 Å². The van der Waals surface area contributed by atoms with Crippen LogP contribution in [0.1, 0.15) is 75.1 Å². The Labute approximate surface area is 180 Å². The third-order valence-electron chi connectivity index (χ3n) is 6.30. The van der Waals surface area contributed by atoms with Crippen molar-refractivity contribution in [2.45, 2.75) is 76.8 Å². The average Bonchev–Trinajstić information content (AvgIpc) is 3.03. The Hall–Kier alpha value is -2.08. The molecule has 0 bridgehead atoms. The van der Waals surface area contributed by atoms with Gasteiger partial charge in [-0.2, -0.15) is 0 Å². The molecule has 1 amide bonds. The predicted octanol–water partition coefficient (Wildman–Crippen LogP) is 3.97. The minimum absolute atomic E-state index is 0.0129. The molecule has 2 aliphatic rings. The lowest BCUT2D eigenvalue weighted by molar-refractivity contribution is -0.121. The summed E-state index contributed by atoms with van der Waals surface area (Å²) in [5.41, 5.74) is 0.591. The number of carbonyl (C=O) groups is 2. The van der Waals surface area contributed by atoms with Crippen LogP contribution in [0.3, 0.4) is 0 Å². The van der Waals surface area contributed by atoms with Gasteiger partial charge in [0.15, 0.2) is 17.3 Å². The highest BCUT2D eigenvalue weighted by Crippen LogP contribution is 2.28. The Morgan fingerprint density at radius 2 is 1.87 bits per heavy atom. The van der Waals surface area contributed by atoms with Crippen molar-refractivity contribution in [3.05, 3.63) is 23.8 Å². The van der Waals surface area contributed by atoms with Crippen LogP contribution in [0.2, 0.25) is 0 Å². The normalized spacial score (nSPS) is 20.5. The molecule has 1 aromatic carbocycles. The van der Waals surface area contributed by atoms with Crippen molar-refractivity contribution < 1.29 is 19.1 Å². The smallest absolute Gasteiger partial charge is 0.220 e. The minimum atomic E-state index is -0.0129. The topological polar surface area (TPSA) is 67.9 Å².